The average Bonchev–Trinajstić information content (AvgIpc) is 2.55. The minimum atomic E-state index is -0.997. The highest BCUT2D eigenvalue weighted by Crippen LogP contribution is 2.24. The van der Waals surface area contributed by atoms with E-state index in [0.29, 0.717) is 12.8 Å². The van der Waals surface area contributed by atoms with Crippen molar-refractivity contribution >= 4 is 11.9 Å². The predicted molar refractivity (Wildman–Crippen MR) is 99.6 cm³/mol. The number of carboxylic acids is 2. The van der Waals surface area contributed by atoms with E-state index >= 15 is 0 Å². The summed E-state index contributed by atoms with van der Waals surface area (Å²) >= 11 is 0. The third kappa shape index (κ3) is 12.9. The van der Waals surface area contributed by atoms with Gasteiger partial charge in [0.05, 0.1) is 17.9 Å². The van der Waals surface area contributed by atoms with Crippen LogP contribution in [-0.2, 0) is 9.59 Å². The number of unbranched alkanes of at least 4 members (excludes halogenated alkanes) is 7. The Hall–Kier alpha value is -1.10. The largest absolute Gasteiger partial charge is 0.481 e. The van der Waals surface area contributed by atoms with Crippen LogP contribution in [0.5, 0.6) is 0 Å². The van der Waals surface area contributed by atoms with Crippen LogP contribution in [0.4, 0.5) is 0 Å². The van der Waals surface area contributed by atoms with E-state index in [1.54, 1.807) is 0 Å². The molecular weight excluding hydrogens is 320 g/mol. The summed E-state index contributed by atoms with van der Waals surface area (Å²) in [5.74, 6) is -3.32. The highest BCUT2D eigenvalue weighted by molar-refractivity contribution is 5.73. The maximum atomic E-state index is 11.5. The molecule has 148 valence electrons. The molecule has 5 heteroatoms. The molecule has 3 N–H and O–H groups in total. The molecule has 0 saturated carbocycles. The molecule has 0 aromatic carbocycles. The molecule has 0 aliphatic carbocycles. The average molecular weight is 359 g/mol. The molecule has 0 bridgehead atoms. The van der Waals surface area contributed by atoms with E-state index in [1.807, 2.05) is 0 Å². The monoisotopic (exact) mass is 358 g/mol. The molecule has 0 aromatic heterocycles. The van der Waals surface area contributed by atoms with Crippen LogP contribution >= 0.6 is 0 Å². The highest BCUT2D eigenvalue weighted by atomic mass is 16.4. The van der Waals surface area contributed by atoms with Gasteiger partial charge in [0.1, 0.15) is 0 Å². The van der Waals surface area contributed by atoms with E-state index in [1.165, 1.54) is 19.3 Å². The van der Waals surface area contributed by atoms with Crippen molar-refractivity contribution in [3.05, 3.63) is 0 Å². The Morgan fingerprint density at radius 2 is 1.16 bits per heavy atom. The Morgan fingerprint density at radius 1 is 0.680 bits per heavy atom. The van der Waals surface area contributed by atoms with Gasteiger partial charge in [-0.05, 0) is 25.7 Å². The molecule has 25 heavy (non-hydrogen) atoms. The number of carbonyl (C=O) groups is 2. The standard InChI is InChI=1S/C20H38O5/c1-3-5-7-8-9-11-12-16(19(22)23)14-17(20(24)25)15-18(21)13-10-6-4-2/h16-18,21H,3-15H2,1-2H3,(H,22,23)(H,24,25). The zero-order valence-electron chi connectivity index (χ0n) is 16.1. The van der Waals surface area contributed by atoms with Crippen LogP contribution in [0, 0.1) is 11.8 Å². The van der Waals surface area contributed by atoms with Crippen LogP contribution in [0.15, 0.2) is 0 Å². The Kier molecular flexibility index (Phi) is 14.5. The van der Waals surface area contributed by atoms with Crippen LogP contribution in [0.25, 0.3) is 0 Å². The van der Waals surface area contributed by atoms with E-state index in [0.717, 1.165) is 38.5 Å². The second-order valence-corrected chi connectivity index (χ2v) is 7.25. The van der Waals surface area contributed by atoms with Gasteiger partial charge in [-0.15, -0.1) is 0 Å². The van der Waals surface area contributed by atoms with E-state index in [2.05, 4.69) is 13.8 Å². The molecular formula is C20H38O5. The summed E-state index contributed by atoms with van der Waals surface area (Å²) in [4.78, 5) is 22.9. The molecule has 0 rings (SSSR count). The molecule has 3 atom stereocenters. The fraction of sp³-hybridized carbons (Fsp3) is 0.900. The Bertz CT molecular complexity index is 356. The number of aliphatic hydroxyl groups is 1. The zero-order chi connectivity index (χ0) is 19.1. The van der Waals surface area contributed by atoms with Crippen LogP contribution in [0.3, 0.4) is 0 Å². The predicted octanol–water partition coefficient (Wildman–Crippen LogP) is 4.86. The van der Waals surface area contributed by atoms with E-state index in [-0.39, 0.29) is 12.8 Å². The number of aliphatic carboxylic acids is 2. The smallest absolute Gasteiger partial charge is 0.306 e. The molecule has 0 aliphatic rings. The van der Waals surface area contributed by atoms with E-state index < -0.39 is 29.9 Å². The third-order valence-electron chi connectivity index (χ3n) is 4.87. The minimum Gasteiger partial charge on any atom is -0.481 e. The van der Waals surface area contributed by atoms with Gasteiger partial charge in [0, 0.05) is 0 Å². The van der Waals surface area contributed by atoms with Gasteiger partial charge in [-0.3, -0.25) is 9.59 Å². The second kappa shape index (κ2) is 15.2. The van der Waals surface area contributed by atoms with Gasteiger partial charge in [-0.2, -0.15) is 0 Å². The first kappa shape index (κ1) is 23.9. The van der Waals surface area contributed by atoms with E-state index in [9.17, 15) is 24.9 Å². The summed E-state index contributed by atoms with van der Waals surface area (Å²) in [6.45, 7) is 4.23. The van der Waals surface area contributed by atoms with Crippen molar-refractivity contribution in [3.8, 4) is 0 Å². The Balaban J connectivity index is 4.35. The molecule has 0 radical (unpaired) electrons. The minimum absolute atomic E-state index is 0.116. The zero-order valence-corrected chi connectivity index (χ0v) is 16.1. The molecule has 0 aliphatic heterocycles. The normalized spacial score (nSPS) is 14.8. The quantitative estimate of drug-likeness (QED) is 0.323. The fourth-order valence-corrected chi connectivity index (χ4v) is 3.23. The lowest BCUT2D eigenvalue weighted by atomic mass is 9.86. The van der Waals surface area contributed by atoms with Gasteiger partial charge in [0.15, 0.2) is 0 Å². The van der Waals surface area contributed by atoms with Crippen molar-refractivity contribution in [2.45, 2.75) is 103 Å². The lowest BCUT2D eigenvalue weighted by Gasteiger charge is -2.20. The van der Waals surface area contributed by atoms with E-state index in [4.69, 9.17) is 0 Å². The number of rotatable bonds is 17. The van der Waals surface area contributed by atoms with Crippen molar-refractivity contribution in [2.75, 3.05) is 0 Å². The summed E-state index contributed by atoms with van der Waals surface area (Å²) in [6.07, 6.45) is 10.2. The lowest BCUT2D eigenvalue weighted by molar-refractivity contribution is -0.147. The summed E-state index contributed by atoms with van der Waals surface area (Å²) < 4.78 is 0. The third-order valence-corrected chi connectivity index (χ3v) is 4.87. The molecule has 3 unspecified atom stereocenters. The Labute approximate surface area is 152 Å². The van der Waals surface area contributed by atoms with Crippen LogP contribution < -0.4 is 0 Å². The van der Waals surface area contributed by atoms with Gasteiger partial charge >= 0.3 is 11.9 Å². The van der Waals surface area contributed by atoms with Crippen LogP contribution in [0.1, 0.15) is 97.3 Å². The first-order chi connectivity index (χ1) is 11.9. The summed E-state index contributed by atoms with van der Waals surface area (Å²) in [7, 11) is 0. The van der Waals surface area contributed by atoms with Gasteiger partial charge in [-0.25, -0.2) is 0 Å². The molecule has 0 fully saturated rings. The summed E-state index contributed by atoms with van der Waals surface area (Å²) in [5, 5.41) is 28.8. The molecule has 0 saturated heterocycles. The van der Waals surface area contributed by atoms with Crippen molar-refractivity contribution in [1.82, 2.24) is 0 Å². The molecule has 0 aromatic rings. The molecule has 0 amide bonds. The Morgan fingerprint density at radius 3 is 1.72 bits per heavy atom. The first-order valence-corrected chi connectivity index (χ1v) is 10.1. The molecule has 0 spiro atoms. The SMILES string of the molecule is CCCCCCCCC(CC(CC(O)CCCCC)C(=O)O)C(=O)O. The summed E-state index contributed by atoms with van der Waals surface area (Å²) in [5.41, 5.74) is 0. The molecule has 5 nitrogen and oxygen atoms in total. The number of aliphatic hydroxyl groups excluding tert-OH is 1. The van der Waals surface area contributed by atoms with Crippen molar-refractivity contribution in [3.63, 3.8) is 0 Å². The number of hydrogen-bond donors (Lipinski definition) is 3. The van der Waals surface area contributed by atoms with Crippen molar-refractivity contribution in [2.24, 2.45) is 11.8 Å². The number of hydrogen-bond acceptors (Lipinski definition) is 3. The fourth-order valence-electron chi connectivity index (χ4n) is 3.23. The number of carboxylic acid groups (broad SMARTS) is 2. The van der Waals surface area contributed by atoms with Crippen molar-refractivity contribution < 1.29 is 24.9 Å². The maximum Gasteiger partial charge on any atom is 0.306 e. The second-order valence-electron chi connectivity index (χ2n) is 7.25. The van der Waals surface area contributed by atoms with Gasteiger partial charge in [0.25, 0.3) is 0 Å². The van der Waals surface area contributed by atoms with Gasteiger partial charge < -0.3 is 15.3 Å². The highest BCUT2D eigenvalue weighted by Gasteiger charge is 2.28. The van der Waals surface area contributed by atoms with Gasteiger partial charge in [-0.1, -0.05) is 71.6 Å². The van der Waals surface area contributed by atoms with Crippen molar-refractivity contribution in [1.29, 1.82) is 0 Å². The lowest BCUT2D eigenvalue weighted by Crippen LogP contribution is -2.26. The molecule has 0 heterocycles. The van der Waals surface area contributed by atoms with Crippen LogP contribution in [-0.4, -0.2) is 33.4 Å². The van der Waals surface area contributed by atoms with Gasteiger partial charge in [0.2, 0.25) is 0 Å². The first-order valence-electron chi connectivity index (χ1n) is 10.1. The topological polar surface area (TPSA) is 94.8 Å². The summed E-state index contributed by atoms with van der Waals surface area (Å²) in [6, 6.07) is 0. The maximum absolute atomic E-state index is 11.5. The van der Waals surface area contributed by atoms with Crippen LogP contribution in [0.2, 0.25) is 0 Å².